The van der Waals surface area contributed by atoms with Crippen LogP contribution in [-0.2, 0) is 4.79 Å². The summed E-state index contributed by atoms with van der Waals surface area (Å²) in [5, 5.41) is 54.8. The van der Waals surface area contributed by atoms with Crippen molar-refractivity contribution in [2.24, 2.45) is 11.0 Å². The number of aliphatic hydroxyl groups excluding tert-OH is 4. The molecule has 0 amide bonds. The summed E-state index contributed by atoms with van der Waals surface area (Å²) < 4.78 is 0. The van der Waals surface area contributed by atoms with E-state index in [1.165, 1.54) is 0 Å². The molecule has 0 saturated heterocycles. The average Bonchev–Trinajstić information content (AvgIpc) is 2.58. The van der Waals surface area contributed by atoms with Crippen LogP contribution in [0.2, 0.25) is 0 Å². The second-order valence-corrected chi connectivity index (χ2v) is 6.38. The number of nitrogens with zero attached hydrogens (tertiary/aromatic N) is 3. The van der Waals surface area contributed by atoms with Crippen LogP contribution >= 0.6 is 0 Å². The van der Waals surface area contributed by atoms with E-state index < -0.39 is 42.3 Å². The molecule has 1 saturated carbocycles. The number of carboxylic acids is 1. The van der Waals surface area contributed by atoms with Gasteiger partial charge in [0.25, 0.3) is 0 Å². The van der Waals surface area contributed by atoms with E-state index in [0.29, 0.717) is 13.1 Å². The van der Waals surface area contributed by atoms with Crippen LogP contribution in [0.5, 0.6) is 0 Å². The molecule has 1 aliphatic rings. The minimum Gasteiger partial charge on any atom is -0.481 e. The van der Waals surface area contributed by atoms with Crippen molar-refractivity contribution in [1.82, 2.24) is 5.32 Å². The number of unbranched alkanes of at least 4 members (excludes halogenated alkanes) is 5. The Kier molecular flexibility index (Phi) is 9.73. The third kappa shape index (κ3) is 6.43. The molecular weight excluding hydrogens is 332 g/mol. The van der Waals surface area contributed by atoms with Gasteiger partial charge in [0.2, 0.25) is 0 Å². The van der Waals surface area contributed by atoms with Gasteiger partial charge < -0.3 is 30.8 Å². The number of azide groups is 1. The van der Waals surface area contributed by atoms with Gasteiger partial charge >= 0.3 is 5.97 Å². The van der Waals surface area contributed by atoms with Gasteiger partial charge in [-0.15, -0.1) is 0 Å². The number of nitrogens with one attached hydrogen (secondary N) is 1. The molecule has 0 aromatic rings. The molecule has 6 N–H and O–H groups in total. The highest BCUT2D eigenvalue weighted by Gasteiger charge is 2.51. The van der Waals surface area contributed by atoms with E-state index in [9.17, 15) is 30.3 Å². The van der Waals surface area contributed by atoms with Gasteiger partial charge in [-0.1, -0.05) is 30.8 Å². The lowest BCUT2D eigenvalue weighted by Gasteiger charge is -2.42. The summed E-state index contributed by atoms with van der Waals surface area (Å²) in [6, 6.07) is -1.03. The Hall–Kier alpha value is -1.42. The monoisotopic (exact) mass is 362 g/mol. The van der Waals surface area contributed by atoms with Gasteiger partial charge in [-0.3, -0.25) is 4.79 Å². The second-order valence-electron chi connectivity index (χ2n) is 6.38. The Morgan fingerprint density at radius 2 is 1.52 bits per heavy atom. The maximum Gasteiger partial charge on any atom is 0.310 e. The number of hydrogen-bond acceptors (Lipinski definition) is 7. The smallest absolute Gasteiger partial charge is 0.310 e. The molecular formula is C15H30N4O6. The van der Waals surface area contributed by atoms with Crippen molar-refractivity contribution >= 4 is 5.97 Å². The number of hydrogen-bond donors (Lipinski definition) is 6. The first-order chi connectivity index (χ1) is 11.9. The highest BCUT2D eigenvalue weighted by atomic mass is 16.4. The molecule has 10 heteroatoms. The highest BCUT2D eigenvalue weighted by molar-refractivity contribution is 5.72. The van der Waals surface area contributed by atoms with Crippen molar-refractivity contribution in [3.8, 4) is 0 Å². The summed E-state index contributed by atoms with van der Waals surface area (Å²) in [5.74, 6) is -2.73. The quantitative estimate of drug-likeness (QED) is 0.129. The van der Waals surface area contributed by atoms with Crippen LogP contribution in [0.3, 0.4) is 0 Å². The second kappa shape index (κ2) is 11.2. The zero-order valence-electron chi connectivity index (χ0n) is 14.1. The molecule has 0 radical (unpaired) electrons. The van der Waals surface area contributed by atoms with Crippen LogP contribution in [0.25, 0.3) is 10.4 Å². The molecule has 1 aliphatic carbocycles. The molecule has 10 nitrogen and oxygen atoms in total. The standard InChI is InChI=1S/C15H28N4O6.H2/c16-19-18-8-6-4-2-1-3-5-7-17-10-9(15(24)25)11(20)13(22)14(23)12(10)21;/h9-14,17,20-23H,1-8H2,(H,24,25);1H/t9-,10+,11+,12-,13-,14-;/m0./s1. The van der Waals surface area contributed by atoms with Crippen molar-refractivity contribution in [1.29, 1.82) is 0 Å². The van der Waals surface area contributed by atoms with E-state index in [4.69, 9.17) is 5.53 Å². The van der Waals surface area contributed by atoms with Crippen LogP contribution in [0.15, 0.2) is 5.11 Å². The summed E-state index contributed by atoms with van der Waals surface area (Å²) >= 11 is 0. The van der Waals surface area contributed by atoms with Gasteiger partial charge in [0.05, 0.1) is 18.2 Å². The fourth-order valence-corrected chi connectivity index (χ4v) is 3.13. The predicted octanol–water partition coefficient (Wildman–Crippen LogP) is -0.000500. The lowest BCUT2D eigenvalue weighted by Crippen LogP contribution is -2.66. The molecule has 1 fully saturated rings. The van der Waals surface area contributed by atoms with Crippen molar-refractivity contribution in [2.45, 2.75) is 69.0 Å². The molecule has 0 bridgehead atoms. The predicted molar refractivity (Wildman–Crippen MR) is 90.8 cm³/mol. The summed E-state index contributed by atoms with van der Waals surface area (Å²) in [5.41, 5.74) is 8.14. The van der Waals surface area contributed by atoms with Crippen LogP contribution in [0.1, 0.15) is 40.0 Å². The van der Waals surface area contributed by atoms with E-state index in [-0.39, 0.29) is 1.43 Å². The van der Waals surface area contributed by atoms with E-state index >= 15 is 0 Å². The fourth-order valence-electron chi connectivity index (χ4n) is 3.13. The van der Waals surface area contributed by atoms with E-state index in [1.54, 1.807) is 0 Å². The first-order valence-corrected chi connectivity index (χ1v) is 8.61. The SMILES string of the molecule is [HH].[N-]=[N+]=NCCCCCCCCN[C@H]1[C@H](O)[C@H](O)[C@@H](O)[C@H](O)[C@H]1C(=O)O. The number of rotatable bonds is 11. The Bertz CT molecular complexity index is 465. The minimum atomic E-state index is -1.69. The minimum absolute atomic E-state index is 0. The molecule has 25 heavy (non-hydrogen) atoms. The zero-order chi connectivity index (χ0) is 18.8. The third-order valence-corrected chi connectivity index (χ3v) is 4.59. The number of carboxylic acid groups (broad SMARTS) is 1. The first-order valence-electron chi connectivity index (χ1n) is 8.61. The Morgan fingerprint density at radius 3 is 2.12 bits per heavy atom. The maximum atomic E-state index is 11.3. The third-order valence-electron chi connectivity index (χ3n) is 4.59. The fraction of sp³-hybridized carbons (Fsp3) is 0.933. The molecule has 0 aliphatic heterocycles. The molecule has 1 rings (SSSR count). The Balaban J connectivity index is 0.00000625. The summed E-state index contributed by atoms with van der Waals surface area (Å²) in [6.07, 6.45) is -0.932. The molecule has 6 atom stereocenters. The topological polar surface area (TPSA) is 179 Å². The lowest BCUT2D eigenvalue weighted by molar-refractivity contribution is -0.186. The van der Waals surface area contributed by atoms with Crippen molar-refractivity contribution in [2.75, 3.05) is 13.1 Å². The van der Waals surface area contributed by atoms with Crippen LogP contribution in [0, 0.1) is 5.92 Å². The summed E-state index contributed by atoms with van der Waals surface area (Å²) in [6.45, 7) is 0.935. The van der Waals surface area contributed by atoms with Gasteiger partial charge in [-0.25, -0.2) is 0 Å². The van der Waals surface area contributed by atoms with Crippen LogP contribution in [0.4, 0.5) is 0 Å². The maximum absolute atomic E-state index is 11.3. The average molecular weight is 362 g/mol. The lowest BCUT2D eigenvalue weighted by atomic mass is 9.76. The molecule has 0 aromatic carbocycles. The summed E-state index contributed by atoms with van der Waals surface area (Å²) in [4.78, 5) is 14.0. The van der Waals surface area contributed by atoms with Gasteiger partial charge in [-0.05, 0) is 24.9 Å². The van der Waals surface area contributed by atoms with E-state index in [0.717, 1.165) is 38.5 Å². The van der Waals surface area contributed by atoms with Gasteiger partial charge in [0, 0.05) is 12.9 Å². The molecule has 146 valence electrons. The normalized spacial score (nSPS) is 32.2. The van der Waals surface area contributed by atoms with E-state index in [2.05, 4.69) is 15.3 Å². The first kappa shape index (κ1) is 21.6. The van der Waals surface area contributed by atoms with Crippen LogP contribution in [-0.4, -0.2) is 75.0 Å². The van der Waals surface area contributed by atoms with Gasteiger partial charge in [-0.2, -0.15) is 0 Å². The largest absolute Gasteiger partial charge is 0.481 e. The van der Waals surface area contributed by atoms with Crippen molar-refractivity contribution < 1.29 is 31.8 Å². The Morgan fingerprint density at radius 1 is 0.960 bits per heavy atom. The number of aliphatic carboxylic acids is 1. The molecule has 0 spiro atoms. The van der Waals surface area contributed by atoms with Gasteiger partial charge in [0.15, 0.2) is 0 Å². The van der Waals surface area contributed by atoms with Crippen molar-refractivity contribution in [3.05, 3.63) is 10.4 Å². The highest BCUT2D eigenvalue weighted by Crippen LogP contribution is 2.27. The van der Waals surface area contributed by atoms with Crippen molar-refractivity contribution in [3.63, 3.8) is 0 Å². The molecule has 0 aromatic heterocycles. The number of carbonyl (C=O) groups is 1. The molecule has 0 unspecified atom stereocenters. The zero-order valence-corrected chi connectivity index (χ0v) is 14.1. The van der Waals surface area contributed by atoms with Gasteiger partial charge in [0.1, 0.15) is 18.1 Å². The Labute approximate surface area is 147 Å². The number of aliphatic hydroxyl groups is 4. The van der Waals surface area contributed by atoms with Crippen LogP contribution < -0.4 is 5.32 Å². The summed E-state index contributed by atoms with van der Waals surface area (Å²) in [7, 11) is 0. The molecule has 0 heterocycles. The van der Waals surface area contributed by atoms with E-state index in [1.807, 2.05) is 0 Å².